The zero-order chi connectivity index (χ0) is 11.7. The molecular weight excluding hydrogens is 188 g/mol. The van der Waals surface area contributed by atoms with E-state index in [-0.39, 0.29) is 16.7 Å². The van der Waals surface area contributed by atoms with Crippen molar-refractivity contribution in [1.29, 1.82) is 0 Å². The molecule has 1 aliphatic carbocycles. The lowest BCUT2D eigenvalue weighted by Gasteiger charge is -2.06. The number of nitrogens with one attached hydrogen (secondary N) is 2. The third kappa shape index (κ3) is 2.33. The van der Waals surface area contributed by atoms with Crippen LogP contribution in [0.5, 0.6) is 0 Å². The minimum absolute atomic E-state index is 0.166. The van der Waals surface area contributed by atoms with Gasteiger partial charge in [-0.2, -0.15) is 0 Å². The molecule has 1 fully saturated rings. The van der Waals surface area contributed by atoms with E-state index in [4.69, 9.17) is 0 Å². The van der Waals surface area contributed by atoms with Crippen LogP contribution >= 0.6 is 0 Å². The summed E-state index contributed by atoms with van der Waals surface area (Å²) in [5.74, 6) is 0.166. The van der Waals surface area contributed by atoms with Crippen LogP contribution in [0.3, 0.4) is 0 Å². The summed E-state index contributed by atoms with van der Waals surface area (Å²) in [6.07, 6.45) is 0.580. The molecule has 0 heterocycles. The van der Waals surface area contributed by atoms with E-state index in [1.54, 1.807) is 0 Å². The second kappa shape index (κ2) is 4.12. The topological polar surface area (TPSA) is 41.1 Å². The van der Waals surface area contributed by atoms with Crippen molar-refractivity contribution in [3.63, 3.8) is 0 Å². The van der Waals surface area contributed by atoms with Gasteiger partial charge < -0.3 is 10.6 Å². The lowest BCUT2D eigenvalue weighted by Crippen LogP contribution is -2.32. The van der Waals surface area contributed by atoms with Crippen LogP contribution in [0.2, 0.25) is 0 Å². The predicted molar refractivity (Wildman–Crippen MR) is 62.7 cm³/mol. The molecule has 0 aliphatic heterocycles. The van der Waals surface area contributed by atoms with Gasteiger partial charge in [-0.25, -0.2) is 0 Å². The summed E-state index contributed by atoms with van der Waals surface area (Å²) in [5.41, 5.74) is 0.474. The molecule has 88 valence electrons. The monoisotopic (exact) mass is 212 g/mol. The van der Waals surface area contributed by atoms with Crippen molar-refractivity contribution in [1.82, 2.24) is 10.6 Å². The first-order valence-corrected chi connectivity index (χ1v) is 5.84. The number of hydrogen-bond acceptors (Lipinski definition) is 2. The minimum atomic E-state index is 0.166. The van der Waals surface area contributed by atoms with Gasteiger partial charge in [-0.15, -0.1) is 0 Å². The molecule has 3 nitrogen and oxygen atoms in total. The Morgan fingerprint density at radius 1 is 1.20 bits per heavy atom. The second-order valence-electron chi connectivity index (χ2n) is 5.55. The van der Waals surface area contributed by atoms with E-state index in [9.17, 15) is 4.79 Å². The highest BCUT2D eigenvalue weighted by Gasteiger charge is 2.65. The number of carbonyl (C=O) groups excluding carboxylic acids is 1. The summed E-state index contributed by atoms with van der Waals surface area (Å²) < 4.78 is 0. The Balaban J connectivity index is 2.29. The molecule has 0 saturated heterocycles. The van der Waals surface area contributed by atoms with Crippen molar-refractivity contribution in [2.75, 3.05) is 13.1 Å². The molecule has 15 heavy (non-hydrogen) atoms. The molecule has 1 saturated carbocycles. The highest BCUT2D eigenvalue weighted by atomic mass is 16.1. The smallest absolute Gasteiger partial charge is 0.221 e. The molecule has 0 spiro atoms. The van der Waals surface area contributed by atoms with Gasteiger partial charge in [0.25, 0.3) is 0 Å². The Labute approximate surface area is 93.0 Å². The van der Waals surface area contributed by atoms with E-state index < -0.39 is 0 Å². The highest BCUT2D eigenvalue weighted by Crippen LogP contribution is 2.62. The first-order valence-electron chi connectivity index (χ1n) is 5.84. The summed E-state index contributed by atoms with van der Waals surface area (Å²) in [5, 5.41) is 6.27. The summed E-state index contributed by atoms with van der Waals surface area (Å²) in [7, 11) is 0. The first kappa shape index (κ1) is 12.5. The van der Waals surface area contributed by atoms with Crippen molar-refractivity contribution in [3.05, 3.63) is 0 Å². The van der Waals surface area contributed by atoms with Gasteiger partial charge in [-0.05, 0) is 17.4 Å². The van der Waals surface area contributed by atoms with Gasteiger partial charge in [0, 0.05) is 19.0 Å². The Morgan fingerprint density at radius 2 is 1.73 bits per heavy atom. The maximum atomic E-state index is 11.6. The van der Waals surface area contributed by atoms with Gasteiger partial charge in [-0.1, -0.05) is 34.6 Å². The van der Waals surface area contributed by atoms with Crippen LogP contribution in [0.1, 0.15) is 41.0 Å². The van der Waals surface area contributed by atoms with E-state index in [0.29, 0.717) is 12.5 Å². The molecule has 1 amide bonds. The Kier molecular flexibility index (Phi) is 3.44. The van der Waals surface area contributed by atoms with Crippen LogP contribution in [0, 0.1) is 10.8 Å². The second-order valence-corrected chi connectivity index (χ2v) is 5.55. The molecule has 2 N–H and O–H groups in total. The van der Waals surface area contributed by atoms with Crippen molar-refractivity contribution in [2.45, 2.75) is 47.1 Å². The van der Waals surface area contributed by atoms with Crippen LogP contribution in [0.4, 0.5) is 0 Å². The van der Waals surface area contributed by atoms with E-state index in [2.05, 4.69) is 38.3 Å². The zero-order valence-corrected chi connectivity index (χ0v) is 10.6. The first-order chi connectivity index (χ1) is 6.84. The molecule has 0 aromatic heterocycles. The quantitative estimate of drug-likeness (QED) is 0.679. The maximum Gasteiger partial charge on any atom is 0.221 e. The Bertz CT molecular complexity index is 232. The van der Waals surface area contributed by atoms with Crippen molar-refractivity contribution < 1.29 is 4.79 Å². The molecule has 1 aliphatic rings. The van der Waals surface area contributed by atoms with Crippen LogP contribution in [0.25, 0.3) is 0 Å². The summed E-state index contributed by atoms with van der Waals surface area (Å²) in [4.78, 5) is 11.6. The third-order valence-corrected chi connectivity index (χ3v) is 4.10. The van der Waals surface area contributed by atoms with Gasteiger partial charge >= 0.3 is 0 Å². The van der Waals surface area contributed by atoms with Crippen LogP contribution in [-0.4, -0.2) is 25.0 Å². The average Bonchev–Trinajstić information content (AvgIpc) is 2.49. The molecule has 1 rings (SSSR count). The van der Waals surface area contributed by atoms with Crippen molar-refractivity contribution >= 4 is 5.91 Å². The maximum absolute atomic E-state index is 11.6. The van der Waals surface area contributed by atoms with Crippen LogP contribution in [-0.2, 0) is 4.79 Å². The fourth-order valence-electron chi connectivity index (χ4n) is 2.17. The van der Waals surface area contributed by atoms with Gasteiger partial charge in [0.1, 0.15) is 0 Å². The molecule has 0 unspecified atom stereocenters. The number of carbonyl (C=O) groups is 1. The molecule has 0 radical (unpaired) electrons. The molecule has 0 atom stereocenters. The molecule has 3 heteroatoms. The van der Waals surface area contributed by atoms with Crippen LogP contribution < -0.4 is 10.6 Å². The van der Waals surface area contributed by atoms with E-state index in [0.717, 1.165) is 13.1 Å². The average molecular weight is 212 g/mol. The Morgan fingerprint density at radius 3 is 2.13 bits per heavy atom. The van der Waals surface area contributed by atoms with Gasteiger partial charge in [0.15, 0.2) is 0 Å². The normalized spacial score (nSPS) is 22.5. The molecule has 0 aromatic rings. The number of rotatable bonds is 5. The zero-order valence-electron chi connectivity index (χ0n) is 10.6. The summed E-state index contributed by atoms with van der Waals surface area (Å²) in [6.45, 7) is 12.6. The standard InChI is InChI=1S/C12H24N2O/c1-6-13-8-7-9(15)14-10-11(2,3)12(10,4)5/h10,13H,6-8H2,1-5H3,(H,14,15). The third-order valence-electron chi connectivity index (χ3n) is 4.10. The minimum Gasteiger partial charge on any atom is -0.352 e. The van der Waals surface area contributed by atoms with Crippen LogP contribution in [0.15, 0.2) is 0 Å². The van der Waals surface area contributed by atoms with Crippen molar-refractivity contribution in [2.24, 2.45) is 10.8 Å². The van der Waals surface area contributed by atoms with Crippen molar-refractivity contribution in [3.8, 4) is 0 Å². The Hall–Kier alpha value is -0.570. The van der Waals surface area contributed by atoms with Gasteiger partial charge in [0.05, 0.1) is 0 Å². The molecule has 0 bridgehead atoms. The summed E-state index contributed by atoms with van der Waals surface area (Å²) >= 11 is 0. The van der Waals surface area contributed by atoms with E-state index in [1.165, 1.54) is 0 Å². The molecular formula is C12H24N2O. The summed E-state index contributed by atoms with van der Waals surface area (Å²) in [6, 6.07) is 0.333. The number of amides is 1. The predicted octanol–water partition coefficient (Wildman–Crippen LogP) is 1.54. The highest BCUT2D eigenvalue weighted by molar-refractivity contribution is 5.77. The van der Waals surface area contributed by atoms with E-state index >= 15 is 0 Å². The fourth-order valence-corrected chi connectivity index (χ4v) is 2.17. The number of hydrogen-bond donors (Lipinski definition) is 2. The largest absolute Gasteiger partial charge is 0.352 e. The molecule has 0 aromatic carbocycles. The van der Waals surface area contributed by atoms with Gasteiger partial charge in [-0.3, -0.25) is 4.79 Å². The lowest BCUT2D eigenvalue weighted by molar-refractivity contribution is -0.121. The SMILES string of the molecule is CCNCCC(=O)NC1C(C)(C)C1(C)C. The lowest BCUT2D eigenvalue weighted by atomic mass is 10.0. The fraction of sp³-hybridized carbons (Fsp3) is 0.917. The van der Waals surface area contributed by atoms with Gasteiger partial charge in [0.2, 0.25) is 5.91 Å². The van der Waals surface area contributed by atoms with E-state index in [1.807, 2.05) is 6.92 Å².